The number of carbonyl (C=O) groups is 1. The lowest BCUT2D eigenvalue weighted by Crippen LogP contribution is -2.14. The van der Waals surface area contributed by atoms with E-state index in [1.54, 1.807) is 0 Å². The van der Waals surface area contributed by atoms with Crippen LogP contribution in [0.15, 0.2) is 48.5 Å². The number of nitrogens with one attached hydrogen (secondary N) is 1. The normalized spacial score (nSPS) is 10.1. The van der Waals surface area contributed by atoms with Gasteiger partial charge in [0, 0.05) is 31.0 Å². The molecular weight excluding hydrogens is 236 g/mol. The second kappa shape index (κ2) is 5.57. The summed E-state index contributed by atoms with van der Waals surface area (Å²) in [5.41, 5.74) is 3.69. The lowest BCUT2D eigenvalue weighted by Gasteiger charge is -2.16. The average molecular weight is 254 g/mol. The Bertz CT molecular complexity index is 577. The Hall–Kier alpha value is -2.29. The third kappa shape index (κ3) is 3.13. The number of nitrogens with zero attached hydrogens (tertiary/aromatic N) is 1. The zero-order valence-corrected chi connectivity index (χ0v) is 11.5. The molecule has 0 heterocycles. The molecule has 98 valence electrons. The minimum Gasteiger partial charge on any atom is -0.377 e. The van der Waals surface area contributed by atoms with Crippen molar-refractivity contribution in [1.82, 2.24) is 0 Å². The van der Waals surface area contributed by atoms with Crippen LogP contribution in [-0.2, 0) is 0 Å². The number of rotatable bonds is 3. The standard InChI is InChI=1S/C16H18N2O/c1-12-11-13(9-10-15(12)18(2)3)16(19)17-14-7-5-4-6-8-14/h4-11H,1-3H3,(H,17,19). The number of amides is 1. The predicted octanol–water partition coefficient (Wildman–Crippen LogP) is 3.31. The summed E-state index contributed by atoms with van der Waals surface area (Å²) >= 11 is 0. The molecule has 0 saturated heterocycles. The van der Waals surface area contributed by atoms with E-state index in [9.17, 15) is 4.79 Å². The van der Waals surface area contributed by atoms with Crippen molar-refractivity contribution < 1.29 is 4.79 Å². The van der Waals surface area contributed by atoms with Crippen LogP contribution in [0.4, 0.5) is 11.4 Å². The van der Waals surface area contributed by atoms with Gasteiger partial charge in [0.1, 0.15) is 0 Å². The van der Waals surface area contributed by atoms with Gasteiger partial charge in [-0.25, -0.2) is 0 Å². The zero-order valence-electron chi connectivity index (χ0n) is 11.5. The summed E-state index contributed by atoms with van der Waals surface area (Å²) in [5, 5.41) is 2.88. The van der Waals surface area contributed by atoms with E-state index in [1.165, 1.54) is 0 Å². The molecule has 2 aromatic carbocycles. The number of hydrogen-bond donors (Lipinski definition) is 1. The summed E-state index contributed by atoms with van der Waals surface area (Å²) in [4.78, 5) is 14.2. The second-order valence-electron chi connectivity index (χ2n) is 4.72. The largest absolute Gasteiger partial charge is 0.377 e. The molecule has 1 amide bonds. The topological polar surface area (TPSA) is 32.3 Å². The molecule has 0 aliphatic rings. The highest BCUT2D eigenvalue weighted by atomic mass is 16.1. The molecule has 0 radical (unpaired) electrons. The van der Waals surface area contributed by atoms with Crippen molar-refractivity contribution in [3.8, 4) is 0 Å². The van der Waals surface area contributed by atoms with Crippen molar-refractivity contribution in [2.24, 2.45) is 0 Å². The van der Waals surface area contributed by atoms with Crippen LogP contribution in [0, 0.1) is 6.92 Å². The maximum atomic E-state index is 12.1. The molecule has 0 fully saturated rings. The van der Waals surface area contributed by atoms with Gasteiger partial charge in [0.15, 0.2) is 0 Å². The SMILES string of the molecule is Cc1cc(C(=O)Nc2ccccc2)ccc1N(C)C. The van der Waals surface area contributed by atoms with Gasteiger partial charge in [-0.2, -0.15) is 0 Å². The van der Waals surface area contributed by atoms with Gasteiger partial charge in [-0.3, -0.25) is 4.79 Å². The van der Waals surface area contributed by atoms with Gasteiger partial charge in [-0.1, -0.05) is 18.2 Å². The van der Waals surface area contributed by atoms with E-state index in [1.807, 2.05) is 74.4 Å². The van der Waals surface area contributed by atoms with E-state index in [0.29, 0.717) is 5.56 Å². The first kappa shape index (κ1) is 13.1. The Labute approximate surface area is 113 Å². The number of carbonyl (C=O) groups excluding carboxylic acids is 1. The molecule has 2 aromatic rings. The van der Waals surface area contributed by atoms with Gasteiger partial charge in [0.05, 0.1) is 0 Å². The third-order valence-electron chi connectivity index (χ3n) is 2.97. The fraction of sp³-hybridized carbons (Fsp3) is 0.188. The van der Waals surface area contributed by atoms with Crippen LogP contribution in [0.5, 0.6) is 0 Å². The van der Waals surface area contributed by atoms with E-state index >= 15 is 0 Å². The van der Waals surface area contributed by atoms with Crippen molar-refractivity contribution in [2.75, 3.05) is 24.3 Å². The van der Waals surface area contributed by atoms with Crippen LogP contribution in [0.25, 0.3) is 0 Å². The number of hydrogen-bond acceptors (Lipinski definition) is 2. The van der Waals surface area contributed by atoms with Crippen LogP contribution in [-0.4, -0.2) is 20.0 Å². The monoisotopic (exact) mass is 254 g/mol. The van der Waals surface area contributed by atoms with Crippen LogP contribution in [0.1, 0.15) is 15.9 Å². The van der Waals surface area contributed by atoms with Crippen molar-refractivity contribution in [3.05, 3.63) is 59.7 Å². The van der Waals surface area contributed by atoms with Gasteiger partial charge >= 0.3 is 0 Å². The highest BCUT2D eigenvalue weighted by molar-refractivity contribution is 6.04. The third-order valence-corrected chi connectivity index (χ3v) is 2.97. The van der Waals surface area contributed by atoms with Gasteiger partial charge in [0.2, 0.25) is 0 Å². The van der Waals surface area contributed by atoms with Crippen molar-refractivity contribution >= 4 is 17.3 Å². The fourth-order valence-corrected chi connectivity index (χ4v) is 2.02. The van der Waals surface area contributed by atoms with E-state index in [4.69, 9.17) is 0 Å². The second-order valence-corrected chi connectivity index (χ2v) is 4.72. The summed E-state index contributed by atoms with van der Waals surface area (Å²) in [6.45, 7) is 2.01. The van der Waals surface area contributed by atoms with Crippen molar-refractivity contribution in [1.29, 1.82) is 0 Å². The van der Waals surface area contributed by atoms with Crippen LogP contribution in [0.2, 0.25) is 0 Å². The van der Waals surface area contributed by atoms with Crippen molar-refractivity contribution in [2.45, 2.75) is 6.92 Å². The lowest BCUT2D eigenvalue weighted by atomic mass is 10.1. The quantitative estimate of drug-likeness (QED) is 0.911. The predicted molar refractivity (Wildman–Crippen MR) is 79.9 cm³/mol. The van der Waals surface area contributed by atoms with Gasteiger partial charge in [0.25, 0.3) is 5.91 Å². The van der Waals surface area contributed by atoms with E-state index < -0.39 is 0 Å². The molecule has 3 nitrogen and oxygen atoms in total. The summed E-state index contributed by atoms with van der Waals surface area (Å²) in [6, 6.07) is 15.2. The zero-order chi connectivity index (χ0) is 13.8. The molecule has 0 aromatic heterocycles. The van der Waals surface area contributed by atoms with Crippen molar-refractivity contribution in [3.63, 3.8) is 0 Å². The molecule has 0 bridgehead atoms. The molecule has 3 heteroatoms. The average Bonchev–Trinajstić information content (AvgIpc) is 2.39. The first-order chi connectivity index (χ1) is 9.08. The summed E-state index contributed by atoms with van der Waals surface area (Å²) < 4.78 is 0. The molecule has 0 saturated carbocycles. The Kier molecular flexibility index (Phi) is 3.85. The Balaban J connectivity index is 2.18. The Morgan fingerprint density at radius 1 is 1.05 bits per heavy atom. The first-order valence-electron chi connectivity index (χ1n) is 6.22. The van der Waals surface area contributed by atoms with Gasteiger partial charge < -0.3 is 10.2 Å². The molecule has 1 N–H and O–H groups in total. The minimum atomic E-state index is -0.0837. The molecule has 0 unspecified atom stereocenters. The van der Waals surface area contributed by atoms with Gasteiger partial charge in [-0.05, 0) is 42.8 Å². The number of aryl methyl sites for hydroxylation is 1. The minimum absolute atomic E-state index is 0.0837. The van der Waals surface area contributed by atoms with Crippen LogP contribution >= 0.6 is 0 Å². The van der Waals surface area contributed by atoms with E-state index in [0.717, 1.165) is 16.9 Å². The smallest absolute Gasteiger partial charge is 0.255 e. The molecule has 19 heavy (non-hydrogen) atoms. The number of benzene rings is 2. The summed E-state index contributed by atoms with van der Waals surface area (Å²) in [6.07, 6.45) is 0. The molecule has 0 aliphatic carbocycles. The molecule has 0 atom stereocenters. The van der Waals surface area contributed by atoms with Gasteiger partial charge in [-0.15, -0.1) is 0 Å². The molecule has 0 aliphatic heterocycles. The number of anilines is 2. The van der Waals surface area contributed by atoms with E-state index in [2.05, 4.69) is 5.32 Å². The fourth-order valence-electron chi connectivity index (χ4n) is 2.02. The summed E-state index contributed by atoms with van der Waals surface area (Å²) in [7, 11) is 3.98. The Morgan fingerprint density at radius 3 is 2.32 bits per heavy atom. The molecule has 0 spiro atoms. The molecule has 2 rings (SSSR count). The van der Waals surface area contributed by atoms with Crippen LogP contribution < -0.4 is 10.2 Å². The maximum Gasteiger partial charge on any atom is 0.255 e. The maximum absolute atomic E-state index is 12.1. The van der Waals surface area contributed by atoms with Crippen LogP contribution in [0.3, 0.4) is 0 Å². The number of para-hydroxylation sites is 1. The highest BCUT2D eigenvalue weighted by Gasteiger charge is 2.08. The summed E-state index contributed by atoms with van der Waals surface area (Å²) in [5.74, 6) is -0.0837. The lowest BCUT2D eigenvalue weighted by molar-refractivity contribution is 0.102. The molecular formula is C16H18N2O. The highest BCUT2D eigenvalue weighted by Crippen LogP contribution is 2.19. The van der Waals surface area contributed by atoms with E-state index in [-0.39, 0.29) is 5.91 Å². The first-order valence-corrected chi connectivity index (χ1v) is 6.22. The Morgan fingerprint density at radius 2 is 1.74 bits per heavy atom.